The fourth-order valence-electron chi connectivity index (χ4n) is 11.4. The molecule has 534 valence electrons. The van der Waals surface area contributed by atoms with Gasteiger partial charge in [0.2, 0.25) is 59.1 Å². The number of aromatic amines is 1. The van der Waals surface area contributed by atoms with E-state index in [0.717, 1.165) is 16.0 Å². The molecule has 9 atom stereocenters. The van der Waals surface area contributed by atoms with Crippen LogP contribution in [-0.2, 0) is 101 Å². The summed E-state index contributed by atoms with van der Waals surface area (Å²) in [7, 11) is 1.49. The van der Waals surface area contributed by atoms with E-state index in [4.69, 9.17) is 30.4 Å². The fourth-order valence-corrected chi connectivity index (χ4v) is 11.4. The van der Waals surface area contributed by atoms with Crippen molar-refractivity contribution in [3.05, 3.63) is 136 Å². The normalized spacial score (nSPS) is 18.3. The molecule has 14 N–H and O–H groups in total. The van der Waals surface area contributed by atoms with Gasteiger partial charge in [0.05, 0.1) is 31.5 Å². The lowest BCUT2D eigenvalue weighted by Gasteiger charge is -2.35. The first-order valence-electron chi connectivity index (χ1n) is 32.8. The van der Waals surface area contributed by atoms with E-state index in [1.807, 2.05) is 24.3 Å². The Hall–Kier alpha value is -10.0. The van der Waals surface area contributed by atoms with E-state index in [2.05, 4.69) is 52.8 Å². The van der Waals surface area contributed by atoms with Crippen molar-refractivity contribution in [3.63, 3.8) is 0 Å². The number of benzene rings is 4. The zero-order chi connectivity index (χ0) is 72.3. The summed E-state index contributed by atoms with van der Waals surface area (Å²) in [5.74, 6) is -8.37. The minimum atomic E-state index is -1.63. The molecular formula is C70H92FN13O15. The van der Waals surface area contributed by atoms with Crippen molar-refractivity contribution >= 4 is 76.1 Å². The van der Waals surface area contributed by atoms with Crippen molar-refractivity contribution in [2.75, 3.05) is 33.4 Å². The van der Waals surface area contributed by atoms with Crippen LogP contribution in [0.1, 0.15) is 108 Å². The number of amides is 11. The lowest BCUT2D eigenvalue weighted by atomic mass is 10.00. The number of fused-ring (bicyclic) bond motifs is 5. The molecule has 0 spiro atoms. The molecule has 7 rings (SSSR count). The summed E-state index contributed by atoms with van der Waals surface area (Å²) < 4.78 is 38.1. The van der Waals surface area contributed by atoms with Crippen LogP contribution in [0.25, 0.3) is 10.9 Å². The van der Waals surface area contributed by atoms with Crippen LogP contribution in [0.3, 0.4) is 0 Å². The quantitative estimate of drug-likeness (QED) is 0.0375. The summed E-state index contributed by atoms with van der Waals surface area (Å²) >= 11 is 0. The molecule has 5 aromatic rings. The monoisotopic (exact) mass is 1370 g/mol. The lowest BCUT2D eigenvalue weighted by Crippen LogP contribution is -2.63. The van der Waals surface area contributed by atoms with Gasteiger partial charge in [0.15, 0.2) is 0 Å². The maximum Gasteiger partial charge on any atom is 0.407 e. The van der Waals surface area contributed by atoms with Crippen LogP contribution in [0, 0.1) is 5.82 Å². The molecule has 29 heteroatoms. The summed E-state index contributed by atoms with van der Waals surface area (Å²) in [4.78, 5) is 160. The third-order valence-corrected chi connectivity index (χ3v) is 16.3. The van der Waals surface area contributed by atoms with Gasteiger partial charge in [-0.3, -0.25) is 47.9 Å². The molecule has 1 aromatic heterocycles. The number of aromatic nitrogens is 1. The SMILES string of the molecule is COc1ccc(C[C@H](NC(=O)[C@@H](NC(=O)C2[C@@H]3CCN2C(=O)[C@H](Cc2c[nH]c4ccc(F)cc24)NC(=O)C(NC(=O)[C@@H](C)NC(=O)[C@H](CNC(=O)OC(C)(C)C)NC(=O)CCC(=O)NCc2ccc(CCN)cc2)Cc2cccc(c2)CNC(=O)CO3)[C@@H](C)OC(C)(C)C)C(N)=O)cc1. The first-order valence-corrected chi connectivity index (χ1v) is 32.8. The molecule has 2 aliphatic heterocycles. The van der Waals surface area contributed by atoms with E-state index in [9.17, 15) is 38.4 Å². The number of primary amides is 1. The third kappa shape index (κ3) is 23.3. The Morgan fingerprint density at radius 1 is 0.768 bits per heavy atom. The molecule has 1 fully saturated rings. The van der Waals surface area contributed by atoms with Gasteiger partial charge in [-0.2, -0.15) is 0 Å². The van der Waals surface area contributed by atoms with E-state index in [-0.39, 0.29) is 58.2 Å². The van der Waals surface area contributed by atoms with Gasteiger partial charge < -0.3 is 88.1 Å². The number of nitrogens with one attached hydrogen (secondary N) is 10. The van der Waals surface area contributed by atoms with Gasteiger partial charge in [0.1, 0.15) is 66.1 Å². The maximum atomic E-state index is 15.7. The number of halogens is 1. The van der Waals surface area contributed by atoms with Crippen LogP contribution in [-0.4, -0.2) is 174 Å². The molecule has 4 bridgehead atoms. The second-order valence-corrected chi connectivity index (χ2v) is 26.5. The van der Waals surface area contributed by atoms with Crippen LogP contribution >= 0.6 is 0 Å². The number of hydrogen-bond acceptors (Lipinski definition) is 16. The Morgan fingerprint density at radius 3 is 2.13 bits per heavy atom. The smallest absolute Gasteiger partial charge is 0.407 e. The number of ether oxygens (including phenoxy) is 4. The zero-order valence-corrected chi connectivity index (χ0v) is 57.2. The minimum absolute atomic E-state index is 0.0534. The van der Waals surface area contributed by atoms with Crippen LogP contribution in [0.2, 0.25) is 0 Å². The second kappa shape index (κ2) is 35.0. The Labute approximate surface area is 573 Å². The number of alkyl carbamates (subject to hydrolysis) is 1. The molecule has 1 saturated heterocycles. The summed E-state index contributed by atoms with van der Waals surface area (Å²) in [5, 5.41) is 24.3. The molecule has 4 aromatic carbocycles. The summed E-state index contributed by atoms with van der Waals surface area (Å²) in [6, 6.07) is 14.1. The Balaban J connectivity index is 1.17. The molecule has 0 aliphatic carbocycles. The Morgan fingerprint density at radius 2 is 1.45 bits per heavy atom. The largest absolute Gasteiger partial charge is 0.497 e. The van der Waals surface area contributed by atoms with Crippen molar-refractivity contribution in [1.82, 2.24) is 57.7 Å². The summed E-state index contributed by atoms with van der Waals surface area (Å²) in [6.45, 7) is 12.1. The van der Waals surface area contributed by atoms with Crippen LogP contribution in [0.4, 0.5) is 9.18 Å². The van der Waals surface area contributed by atoms with Crippen molar-refractivity contribution in [2.24, 2.45) is 11.5 Å². The van der Waals surface area contributed by atoms with E-state index in [1.54, 1.807) is 90.1 Å². The van der Waals surface area contributed by atoms with Gasteiger partial charge in [0.25, 0.3) is 0 Å². The van der Waals surface area contributed by atoms with Gasteiger partial charge in [-0.25, -0.2) is 9.18 Å². The highest BCUT2D eigenvalue weighted by Gasteiger charge is 2.47. The van der Waals surface area contributed by atoms with Gasteiger partial charge in [-0.1, -0.05) is 60.7 Å². The molecule has 11 amide bonds. The minimum Gasteiger partial charge on any atom is -0.497 e. The number of carbonyl (C=O) groups is 11. The third-order valence-electron chi connectivity index (χ3n) is 16.3. The number of carbonyl (C=O) groups excluding carboxylic acids is 11. The maximum absolute atomic E-state index is 15.7. The topological polar surface area (TPSA) is 404 Å². The lowest BCUT2D eigenvalue weighted by molar-refractivity contribution is -0.148. The van der Waals surface area contributed by atoms with Gasteiger partial charge >= 0.3 is 6.09 Å². The number of hydrogen-bond donors (Lipinski definition) is 12. The predicted molar refractivity (Wildman–Crippen MR) is 362 cm³/mol. The highest BCUT2D eigenvalue weighted by atomic mass is 19.1. The molecule has 28 nitrogen and oxygen atoms in total. The predicted octanol–water partition coefficient (Wildman–Crippen LogP) is 1.70. The fraction of sp³-hybridized carbons (Fsp3) is 0.471. The van der Waals surface area contributed by atoms with Gasteiger partial charge in [-0.05, 0) is 138 Å². The number of nitrogens with zero attached hydrogens (tertiary/aromatic N) is 1. The van der Waals surface area contributed by atoms with Crippen LogP contribution in [0.5, 0.6) is 5.75 Å². The molecule has 0 radical (unpaired) electrons. The van der Waals surface area contributed by atoms with E-state index in [0.29, 0.717) is 51.9 Å². The molecule has 2 unspecified atom stereocenters. The first-order chi connectivity index (χ1) is 46.8. The number of methoxy groups -OCH3 is 1. The van der Waals surface area contributed by atoms with Crippen LogP contribution < -0.4 is 64.1 Å². The van der Waals surface area contributed by atoms with Crippen molar-refractivity contribution in [2.45, 2.75) is 179 Å². The Kier molecular flexibility index (Phi) is 27.0. The average molecular weight is 1370 g/mol. The van der Waals surface area contributed by atoms with Gasteiger partial charge in [-0.15, -0.1) is 0 Å². The summed E-state index contributed by atoms with van der Waals surface area (Å²) in [6.07, 6.45) is -2.44. The molecule has 2 aliphatic rings. The van der Waals surface area contributed by atoms with Crippen molar-refractivity contribution < 1.29 is 76.1 Å². The van der Waals surface area contributed by atoms with Crippen LogP contribution in [0.15, 0.2) is 97.2 Å². The van der Waals surface area contributed by atoms with E-state index in [1.165, 1.54) is 45.4 Å². The highest BCUT2D eigenvalue weighted by Crippen LogP contribution is 2.27. The van der Waals surface area contributed by atoms with E-state index >= 15 is 18.8 Å². The number of nitrogens with two attached hydrogens (primary N) is 2. The standard InChI is InChI=1S/C70H92FN13O15/c1-39(78-64(91)54(37-77-68(95)99-70(6,7)8)79-57(86)24-23-56(85)75-34-43-15-13-41(14-16-43)25-27-72)62(89)81-52-31-44-11-10-12-45(29-44)35-76-58(87)38-97-55-26-28-84(67(94)53(82-63(52)90)32-46-36-74-50-22-19-47(71)33-49(46)50)60(55)66(93)83-59(40(2)98-69(3,4)5)65(92)80-51(61(73)88)30-42-17-20-48(96-9)21-18-42/h10-22,29,33,36,39-40,51-55,59-60,74H,23-28,30-32,34-35,37-38,72H2,1-9H3,(H2,73,88)(H,75,85)(H,76,87)(H,77,95)(H,78,91)(H,79,86)(H,80,92)(H,81,89)(H,82,90)(H,83,93)/t39-,40-,51+,52?,53+,54+,55+,59+,60?/m1/s1. The summed E-state index contributed by atoms with van der Waals surface area (Å²) in [5.41, 5.74) is 13.9. The van der Waals surface area contributed by atoms with Crippen molar-refractivity contribution in [3.8, 4) is 5.75 Å². The molecule has 3 heterocycles. The number of H-pyrrole nitrogens is 1. The van der Waals surface area contributed by atoms with Crippen molar-refractivity contribution in [1.29, 1.82) is 0 Å². The molecular weight excluding hydrogens is 1280 g/mol. The number of rotatable bonds is 26. The highest BCUT2D eigenvalue weighted by molar-refractivity contribution is 5.99. The second-order valence-electron chi connectivity index (χ2n) is 26.5. The Bertz CT molecular complexity index is 3700. The van der Waals surface area contributed by atoms with E-state index < -0.39 is 150 Å². The molecule has 99 heavy (non-hydrogen) atoms. The van der Waals surface area contributed by atoms with Gasteiger partial charge in [0, 0.05) is 68.8 Å². The molecule has 0 saturated carbocycles. The first kappa shape index (κ1) is 76.4. The zero-order valence-electron chi connectivity index (χ0n) is 57.2. The average Bonchev–Trinajstić information content (AvgIpc) is 1.68.